The first-order valence-electron chi connectivity index (χ1n) is 11.5. The number of unbranched alkanes of at least 4 members (excludes halogenated alkanes) is 1. The number of sulfonamides is 1. The van der Waals surface area contributed by atoms with Crippen molar-refractivity contribution in [2.75, 3.05) is 30.8 Å². The standard InChI is InChI=1S/C25H34ClN3O5S/c1-5-7-15-27-25(31)22(6-2)28(17-19-11-10-12-20(16-19)34-3)24(30)18-29(35(4,32)33)23-14-9-8-13-21(23)26/h8-14,16,22H,5-7,15,17-18H2,1-4H3,(H,27,31)/t22-/m1/s1. The molecule has 8 nitrogen and oxygen atoms in total. The van der Waals surface area contributed by atoms with Gasteiger partial charge in [0.2, 0.25) is 21.8 Å². The average molecular weight is 524 g/mol. The van der Waals surface area contributed by atoms with Gasteiger partial charge in [0.05, 0.1) is 24.1 Å². The minimum Gasteiger partial charge on any atom is -0.497 e. The highest BCUT2D eigenvalue weighted by Gasteiger charge is 2.32. The maximum Gasteiger partial charge on any atom is 0.244 e. The minimum absolute atomic E-state index is 0.107. The van der Waals surface area contributed by atoms with Gasteiger partial charge in [0.15, 0.2) is 0 Å². The monoisotopic (exact) mass is 523 g/mol. The first-order valence-corrected chi connectivity index (χ1v) is 13.8. The third-order valence-electron chi connectivity index (χ3n) is 5.50. The third-order valence-corrected chi connectivity index (χ3v) is 6.95. The molecule has 35 heavy (non-hydrogen) atoms. The Bertz CT molecular complexity index is 1110. The van der Waals surface area contributed by atoms with Crippen LogP contribution < -0.4 is 14.4 Å². The Balaban J connectivity index is 2.43. The highest BCUT2D eigenvalue weighted by atomic mass is 35.5. The molecular formula is C25H34ClN3O5S. The second kappa shape index (κ2) is 13.3. The van der Waals surface area contributed by atoms with Crippen LogP contribution in [-0.4, -0.2) is 57.6 Å². The van der Waals surface area contributed by atoms with Crippen molar-refractivity contribution in [2.24, 2.45) is 0 Å². The summed E-state index contributed by atoms with van der Waals surface area (Å²) < 4.78 is 31.5. The number of benzene rings is 2. The summed E-state index contributed by atoms with van der Waals surface area (Å²) >= 11 is 6.25. The Hall–Kier alpha value is -2.78. The van der Waals surface area contributed by atoms with Crippen molar-refractivity contribution < 1.29 is 22.7 Å². The molecule has 0 spiro atoms. The van der Waals surface area contributed by atoms with Crippen LogP contribution in [0.25, 0.3) is 0 Å². The molecule has 192 valence electrons. The number of hydrogen-bond donors (Lipinski definition) is 1. The van der Waals surface area contributed by atoms with Crippen molar-refractivity contribution in [1.29, 1.82) is 0 Å². The van der Waals surface area contributed by atoms with Crippen LogP contribution in [0.1, 0.15) is 38.7 Å². The Morgan fingerprint density at radius 1 is 1.11 bits per heavy atom. The van der Waals surface area contributed by atoms with Crippen molar-refractivity contribution >= 4 is 39.1 Å². The molecule has 0 aliphatic heterocycles. The second-order valence-electron chi connectivity index (χ2n) is 8.16. The Kier molecular flexibility index (Phi) is 10.9. The van der Waals surface area contributed by atoms with E-state index >= 15 is 0 Å². The number of carbonyl (C=O) groups excluding carboxylic acids is 2. The van der Waals surface area contributed by atoms with Crippen LogP contribution in [0, 0.1) is 0 Å². The number of carbonyl (C=O) groups is 2. The number of hydrogen-bond acceptors (Lipinski definition) is 5. The van der Waals surface area contributed by atoms with E-state index in [1.165, 1.54) is 11.0 Å². The fraction of sp³-hybridized carbons (Fsp3) is 0.440. The molecule has 0 bridgehead atoms. The SMILES string of the molecule is CCCCNC(=O)[C@@H](CC)N(Cc1cccc(OC)c1)C(=O)CN(c1ccccc1Cl)S(C)(=O)=O. The van der Waals surface area contributed by atoms with Crippen LogP contribution >= 0.6 is 11.6 Å². The minimum atomic E-state index is -3.84. The predicted molar refractivity (Wildman–Crippen MR) is 139 cm³/mol. The van der Waals surface area contributed by atoms with Gasteiger partial charge in [-0.3, -0.25) is 13.9 Å². The first kappa shape index (κ1) is 28.5. The van der Waals surface area contributed by atoms with E-state index in [9.17, 15) is 18.0 Å². The first-order chi connectivity index (χ1) is 16.6. The summed E-state index contributed by atoms with van der Waals surface area (Å²) in [7, 11) is -2.29. The number of methoxy groups -OCH3 is 1. The van der Waals surface area contributed by atoms with Crippen LogP contribution in [-0.2, 0) is 26.2 Å². The second-order valence-corrected chi connectivity index (χ2v) is 10.5. The van der Waals surface area contributed by atoms with Crippen molar-refractivity contribution in [3.8, 4) is 5.75 Å². The van der Waals surface area contributed by atoms with E-state index in [4.69, 9.17) is 16.3 Å². The summed E-state index contributed by atoms with van der Waals surface area (Å²) in [5.41, 5.74) is 0.952. The van der Waals surface area contributed by atoms with Crippen LogP contribution in [0.5, 0.6) is 5.75 Å². The maximum absolute atomic E-state index is 13.6. The number of para-hydroxylation sites is 1. The lowest BCUT2D eigenvalue weighted by atomic mass is 10.1. The molecule has 2 aromatic rings. The van der Waals surface area contributed by atoms with Crippen molar-refractivity contribution in [3.63, 3.8) is 0 Å². The molecule has 0 heterocycles. The number of amides is 2. The van der Waals surface area contributed by atoms with Crippen LogP contribution in [0.3, 0.4) is 0 Å². The van der Waals surface area contributed by atoms with Gasteiger partial charge in [0.1, 0.15) is 18.3 Å². The highest BCUT2D eigenvalue weighted by Crippen LogP contribution is 2.27. The van der Waals surface area contributed by atoms with Gasteiger partial charge in [-0.25, -0.2) is 8.42 Å². The van der Waals surface area contributed by atoms with Crippen molar-refractivity contribution in [3.05, 3.63) is 59.1 Å². The lowest BCUT2D eigenvalue weighted by Crippen LogP contribution is -2.52. The number of rotatable bonds is 13. The number of nitrogens with zero attached hydrogens (tertiary/aromatic N) is 2. The van der Waals surface area contributed by atoms with Gasteiger partial charge in [-0.1, -0.05) is 56.1 Å². The summed E-state index contributed by atoms with van der Waals surface area (Å²) in [6.45, 7) is 3.96. The number of halogens is 1. The molecular weight excluding hydrogens is 490 g/mol. The Labute approximate surface area is 213 Å². The normalized spacial score (nSPS) is 12.0. The van der Waals surface area contributed by atoms with Crippen LogP contribution in [0.15, 0.2) is 48.5 Å². The summed E-state index contributed by atoms with van der Waals surface area (Å²) in [4.78, 5) is 28.1. The van der Waals surface area contributed by atoms with Crippen molar-refractivity contribution in [2.45, 2.75) is 45.7 Å². The molecule has 0 aliphatic carbocycles. The predicted octanol–water partition coefficient (Wildman–Crippen LogP) is 3.84. The quantitative estimate of drug-likeness (QED) is 0.402. The third kappa shape index (κ3) is 8.14. The fourth-order valence-corrected chi connectivity index (χ4v) is 4.79. The van der Waals surface area contributed by atoms with Gasteiger partial charge in [-0.15, -0.1) is 0 Å². The summed E-state index contributed by atoms with van der Waals surface area (Å²) in [6.07, 6.45) is 3.12. The molecule has 1 N–H and O–H groups in total. The fourth-order valence-electron chi connectivity index (χ4n) is 3.64. The molecule has 0 unspecified atom stereocenters. The largest absolute Gasteiger partial charge is 0.497 e. The van der Waals surface area contributed by atoms with Crippen LogP contribution in [0.2, 0.25) is 5.02 Å². The summed E-state index contributed by atoms with van der Waals surface area (Å²) in [6, 6.07) is 12.8. The van der Waals surface area contributed by atoms with Crippen LogP contribution in [0.4, 0.5) is 5.69 Å². The number of anilines is 1. The molecule has 0 saturated carbocycles. The average Bonchev–Trinajstić information content (AvgIpc) is 2.82. The smallest absolute Gasteiger partial charge is 0.244 e. The highest BCUT2D eigenvalue weighted by molar-refractivity contribution is 7.92. The lowest BCUT2D eigenvalue weighted by Gasteiger charge is -2.33. The van der Waals surface area contributed by atoms with E-state index in [1.807, 2.05) is 19.9 Å². The van der Waals surface area contributed by atoms with Gasteiger partial charge in [-0.2, -0.15) is 0 Å². The zero-order valence-corrected chi connectivity index (χ0v) is 22.2. The molecule has 0 aliphatic rings. The van der Waals surface area contributed by atoms with E-state index in [-0.39, 0.29) is 23.2 Å². The molecule has 0 fully saturated rings. The van der Waals surface area contributed by atoms with Gasteiger partial charge in [-0.05, 0) is 42.7 Å². The van der Waals surface area contributed by atoms with Gasteiger partial charge in [0.25, 0.3) is 0 Å². The molecule has 10 heteroatoms. The molecule has 0 radical (unpaired) electrons. The molecule has 2 amide bonds. The van der Waals surface area contributed by atoms with Gasteiger partial charge < -0.3 is 15.0 Å². The maximum atomic E-state index is 13.6. The molecule has 2 rings (SSSR count). The topological polar surface area (TPSA) is 96.0 Å². The van der Waals surface area contributed by atoms with Crippen molar-refractivity contribution in [1.82, 2.24) is 10.2 Å². The Morgan fingerprint density at radius 2 is 1.83 bits per heavy atom. The summed E-state index contributed by atoms with van der Waals surface area (Å²) in [5.74, 6) is -0.180. The van der Waals surface area contributed by atoms with Gasteiger partial charge in [0, 0.05) is 13.1 Å². The van der Waals surface area contributed by atoms with E-state index in [1.54, 1.807) is 43.5 Å². The van der Waals surface area contributed by atoms with E-state index in [0.29, 0.717) is 18.7 Å². The van der Waals surface area contributed by atoms with Gasteiger partial charge >= 0.3 is 0 Å². The molecule has 0 aromatic heterocycles. The van der Waals surface area contributed by atoms with E-state index in [0.717, 1.165) is 29.0 Å². The zero-order chi connectivity index (χ0) is 26.0. The molecule has 1 atom stereocenters. The number of ether oxygens (including phenoxy) is 1. The molecule has 2 aromatic carbocycles. The van der Waals surface area contributed by atoms with E-state index < -0.39 is 28.5 Å². The summed E-state index contributed by atoms with van der Waals surface area (Å²) in [5, 5.41) is 3.10. The molecule has 0 saturated heterocycles. The lowest BCUT2D eigenvalue weighted by molar-refractivity contribution is -0.140. The number of nitrogens with one attached hydrogen (secondary N) is 1. The zero-order valence-electron chi connectivity index (χ0n) is 20.7. The van der Waals surface area contributed by atoms with E-state index in [2.05, 4.69) is 5.32 Å². The Morgan fingerprint density at radius 3 is 2.43 bits per heavy atom.